The molecule has 3 N–H and O–H groups in total. The summed E-state index contributed by atoms with van der Waals surface area (Å²) >= 11 is 0. The molecule has 5 atom stereocenters. The Morgan fingerprint density at radius 3 is 2.65 bits per heavy atom. The summed E-state index contributed by atoms with van der Waals surface area (Å²) in [6.07, 6.45) is 16.2. The summed E-state index contributed by atoms with van der Waals surface area (Å²) in [7, 11) is 0. The lowest BCUT2D eigenvalue weighted by Gasteiger charge is -2.44. The van der Waals surface area contributed by atoms with Crippen LogP contribution in [0.25, 0.3) is 0 Å². The number of carbonyl (C=O) groups excluding carboxylic acids is 2. The van der Waals surface area contributed by atoms with Gasteiger partial charge in [0.05, 0.1) is 0 Å². The Morgan fingerprint density at radius 2 is 1.94 bits per heavy atom. The number of nitrogens with two attached hydrogens (primary N) is 1. The third-order valence-corrected chi connectivity index (χ3v) is 8.83. The molecule has 3 amide bonds. The van der Waals surface area contributed by atoms with Gasteiger partial charge in [-0.15, -0.1) is 0 Å². The van der Waals surface area contributed by atoms with Crippen LogP contribution in [0.1, 0.15) is 98.3 Å². The van der Waals surface area contributed by atoms with Gasteiger partial charge in [-0.25, -0.2) is 14.9 Å². The Hall–Kier alpha value is -2.04. The predicted octanol–water partition coefficient (Wildman–Crippen LogP) is 7.43. The molecule has 0 saturated heterocycles. The van der Waals surface area contributed by atoms with Crippen molar-refractivity contribution in [3.63, 3.8) is 0 Å². The van der Waals surface area contributed by atoms with E-state index in [1.54, 1.807) is 5.57 Å². The van der Waals surface area contributed by atoms with E-state index < -0.39 is 12.1 Å². The summed E-state index contributed by atoms with van der Waals surface area (Å²) in [6.45, 7) is 14.0. The van der Waals surface area contributed by atoms with Crippen molar-refractivity contribution in [2.45, 2.75) is 104 Å². The maximum atomic E-state index is 11.8. The lowest BCUT2D eigenvalue weighted by atomic mass is 9.60. The highest BCUT2D eigenvalue weighted by molar-refractivity contribution is 5.89. The van der Waals surface area contributed by atoms with Crippen molar-refractivity contribution in [2.24, 2.45) is 34.8 Å². The van der Waals surface area contributed by atoms with E-state index in [9.17, 15) is 9.59 Å². The van der Waals surface area contributed by atoms with Crippen molar-refractivity contribution < 1.29 is 14.3 Å². The Morgan fingerprint density at radius 1 is 1.18 bits per heavy atom. The molecule has 3 aliphatic carbocycles. The molecule has 3 rings (SSSR count). The van der Waals surface area contributed by atoms with Crippen molar-refractivity contribution in [1.82, 2.24) is 5.32 Å². The highest BCUT2D eigenvalue weighted by atomic mass is 16.6. The van der Waals surface area contributed by atoms with E-state index in [0.29, 0.717) is 17.8 Å². The topological polar surface area (TPSA) is 81.4 Å². The fourth-order valence-electron chi connectivity index (χ4n) is 7.03. The quantitative estimate of drug-likeness (QED) is 0.406. The molecule has 0 aliphatic heterocycles. The van der Waals surface area contributed by atoms with Crippen LogP contribution in [0.15, 0.2) is 35.5 Å². The van der Waals surface area contributed by atoms with Gasteiger partial charge in [-0.05, 0) is 79.6 Å². The van der Waals surface area contributed by atoms with Crippen LogP contribution in [-0.4, -0.2) is 18.2 Å². The number of primary amides is 1. The van der Waals surface area contributed by atoms with E-state index in [4.69, 9.17) is 10.5 Å². The first-order valence-electron chi connectivity index (χ1n) is 13.4. The molecule has 3 aliphatic rings. The molecule has 0 heterocycles. The minimum absolute atomic E-state index is 0.256. The molecule has 34 heavy (non-hydrogen) atoms. The van der Waals surface area contributed by atoms with Gasteiger partial charge in [-0.3, -0.25) is 0 Å². The van der Waals surface area contributed by atoms with E-state index in [2.05, 4.69) is 46.4 Å². The minimum Gasteiger partial charge on any atom is -0.446 e. The summed E-state index contributed by atoms with van der Waals surface area (Å²) < 4.78 is 5.39. The highest BCUT2D eigenvalue weighted by Crippen LogP contribution is 2.60. The third kappa shape index (κ3) is 6.55. The van der Waals surface area contributed by atoms with Gasteiger partial charge in [0.1, 0.15) is 6.10 Å². The molecule has 5 heteroatoms. The number of ether oxygens (including phenoxy) is 1. The molecule has 0 aromatic carbocycles. The van der Waals surface area contributed by atoms with E-state index >= 15 is 0 Å². The third-order valence-electron chi connectivity index (χ3n) is 8.83. The van der Waals surface area contributed by atoms with Gasteiger partial charge in [0.15, 0.2) is 0 Å². The average molecular weight is 471 g/mol. The van der Waals surface area contributed by atoms with E-state index in [1.807, 2.05) is 5.32 Å². The summed E-state index contributed by atoms with van der Waals surface area (Å²) in [4.78, 5) is 22.7. The Bertz CT molecular complexity index is 827. The van der Waals surface area contributed by atoms with Crippen molar-refractivity contribution >= 4 is 12.1 Å². The molecule has 0 radical (unpaired) electrons. The first-order chi connectivity index (χ1) is 16.1. The lowest BCUT2D eigenvalue weighted by molar-refractivity contribution is 0.0913. The normalized spacial score (nSPS) is 32.6. The number of allylic oxidation sites excluding steroid dienone is 4. The van der Waals surface area contributed by atoms with E-state index in [1.165, 1.54) is 51.4 Å². The van der Waals surface area contributed by atoms with E-state index in [-0.39, 0.29) is 6.10 Å². The van der Waals surface area contributed by atoms with E-state index in [0.717, 1.165) is 41.7 Å². The van der Waals surface area contributed by atoms with Gasteiger partial charge < -0.3 is 10.5 Å². The molecule has 0 aromatic heterocycles. The zero-order valence-corrected chi connectivity index (χ0v) is 21.8. The lowest BCUT2D eigenvalue weighted by Crippen LogP contribution is -2.38. The maximum absolute atomic E-state index is 11.8. The zero-order valence-electron chi connectivity index (χ0n) is 21.8. The van der Waals surface area contributed by atoms with Gasteiger partial charge >= 0.3 is 12.1 Å². The summed E-state index contributed by atoms with van der Waals surface area (Å²) in [6, 6.07) is -0.893. The van der Waals surface area contributed by atoms with Crippen LogP contribution in [-0.2, 0) is 4.74 Å². The largest absolute Gasteiger partial charge is 0.446 e. The van der Waals surface area contributed by atoms with Gasteiger partial charge in [0.25, 0.3) is 0 Å². The van der Waals surface area contributed by atoms with Gasteiger partial charge in [0, 0.05) is 6.42 Å². The number of fused-ring (bicyclic) bond motifs is 1. The first-order valence-corrected chi connectivity index (χ1v) is 13.4. The smallest absolute Gasteiger partial charge is 0.415 e. The molecule has 0 aromatic rings. The van der Waals surface area contributed by atoms with Crippen molar-refractivity contribution in [1.29, 1.82) is 0 Å². The molecule has 3 saturated carbocycles. The SMILES string of the molecule is C=C1CCC(OC(=O)NC(N)=O)CC1=CC=C1CCCC2(C)C1CCC2C(C)CCCC(C)C. The second-order valence-corrected chi connectivity index (χ2v) is 11.7. The van der Waals surface area contributed by atoms with Crippen molar-refractivity contribution in [2.75, 3.05) is 0 Å². The zero-order chi connectivity index (χ0) is 24.9. The second-order valence-electron chi connectivity index (χ2n) is 11.7. The summed E-state index contributed by atoms with van der Waals surface area (Å²) in [5, 5.41) is 1.98. The number of imide groups is 1. The molecule has 5 nitrogen and oxygen atoms in total. The number of rotatable bonds is 7. The van der Waals surface area contributed by atoms with Crippen LogP contribution in [0, 0.1) is 29.1 Å². The molecular formula is C29H46N2O3. The fourth-order valence-corrected chi connectivity index (χ4v) is 7.03. The molecular weight excluding hydrogens is 424 g/mol. The number of carbonyl (C=O) groups is 2. The minimum atomic E-state index is -0.893. The number of urea groups is 1. The molecule has 5 unspecified atom stereocenters. The van der Waals surface area contributed by atoms with Crippen LogP contribution in [0.5, 0.6) is 0 Å². The first kappa shape index (κ1) is 26.6. The number of hydrogen-bond acceptors (Lipinski definition) is 3. The number of hydrogen-bond donors (Lipinski definition) is 2. The summed E-state index contributed by atoms with van der Waals surface area (Å²) in [5.74, 6) is 3.11. The number of alkyl carbamates (subject to hydrolysis) is 1. The maximum Gasteiger partial charge on any atom is 0.415 e. The highest BCUT2D eigenvalue weighted by Gasteiger charge is 2.50. The standard InChI is InChI=1S/C29H46N2O3/c1-19(2)8-6-9-21(4)25-15-16-26-22(10-7-17-29(25,26)5)12-13-23-18-24(14-11-20(23)3)34-28(33)31-27(30)32/h12-13,19,21,24-26H,3,6-11,14-18H2,1-2,4-5H3,(H3,30,31,32,33). The molecule has 3 fully saturated rings. The van der Waals surface area contributed by atoms with Crippen LogP contribution in [0.2, 0.25) is 0 Å². The Labute approximate surface area is 206 Å². The molecule has 190 valence electrons. The average Bonchev–Trinajstić information content (AvgIpc) is 3.10. The van der Waals surface area contributed by atoms with Crippen LogP contribution in [0.4, 0.5) is 9.59 Å². The van der Waals surface area contributed by atoms with Gasteiger partial charge in [-0.1, -0.05) is 76.8 Å². The molecule has 0 spiro atoms. The summed E-state index contributed by atoms with van der Waals surface area (Å²) in [5.41, 5.74) is 9.30. The van der Waals surface area contributed by atoms with Crippen LogP contribution < -0.4 is 11.1 Å². The van der Waals surface area contributed by atoms with Crippen LogP contribution in [0.3, 0.4) is 0 Å². The fraction of sp³-hybridized carbons (Fsp3) is 0.724. The van der Waals surface area contributed by atoms with Gasteiger partial charge in [0.2, 0.25) is 0 Å². The predicted molar refractivity (Wildman–Crippen MR) is 138 cm³/mol. The number of nitrogens with one attached hydrogen (secondary N) is 1. The van der Waals surface area contributed by atoms with Crippen LogP contribution >= 0.6 is 0 Å². The van der Waals surface area contributed by atoms with Crippen molar-refractivity contribution in [3.8, 4) is 0 Å². The Balaban J connectivity index is 1.66. The second kappa shape index (κ2) is 11.6. The monoisotopic (exact) mass is 470 g/mol. The van der Waals surface area contributed by atoms with Crippen molar-refractivity contribution in [3.05, 3.63) is 35.5 Å². The number of amides is 3. The Kier molecular flexibility index (Phi) is 9.06. The van der Waals surface area contributed by atoms with Gasteiger partial charge in [-0.2, -0.15) is 0 Å². The molecule has 0 bridgehead atoms.